The zero-order valence-electron chi connectivity index (χ0n) is 14.1. The molecule has 0 heterocycles. The van der Waals surface area contributed by atoms with Gasteiger partial charge in [-0.2, -0.15) is 0 Å². The maximum atomic E-state index is 10.8. The van der Waals surface area contributed by atoms with Crippen LogP contribution < -0.4 is 0 Å². The van der Waals surface area contributed by atoms with Gasteiger partial charge in [0.15, 0.2) is 0 Å². The normalized spacial score (nSPS) is 22.6. The molecule has 0 aromatic rings. The molecule has 126 valence electrons. The molecule has 0 saturated heterocycles. The molecule has 0 aromatic heterocycles. The predicted molar refractivity (Wildman–Crippen MR) is 92.7 cm³/mol. The fraction of sp³-hybridized carbons (Fsp3) is 0.550. The third-order valence-corrected chi connectivity index (χ3v) is 4.34. The smallest absolute Gasteiger partial charge is 0.330 e. The second-order valence-corrected chi connectivity index (χ2v) is 6.31. The van der Waals surface area contributed by atoms with Crippen LogP contribution in [0.2, 0.25) is 0 Å². The van der Waals surface area contributed by atoms with Gasteiger partial charge in [0.2, 0.25) is 0 Å². The lowest BCUT2D eigenvalue weighted by Crippen LogP contribution is -2.14. The van der Waals surface area contributed by atoms with Gasteiger partial charge in [-0.15, -0.1) is 0 Å². The van der Waals surface area contributed by atoms with E-state index >= 15 is 0 Å². The molecule has 2 unspecified atom stereocenters. The summed E-state index contributed by atoms with van der Waals surface area (Å²) in [5.74, 6) is 2.53. The Morgan fingerprint density at radius 1 is 1.13 bits per heavy atom. The largest absolute Gasteiger partial charge is 0.494 e. The highest BCUT2D eigenvalue weighted by atomic mass is 16.5. The minimum absolute atomic E-state index is 0.332. The van der Waals surface area contributed by atoms with Gasteiger partial charge < -0.3 is 9.47 Å². The van der Waals surface area contributed by atoms with E-state index in [0.717, 1.165) is 44.5 Å². The molecule has 2 atom stereocenters. The SMILES string of the molecule is C=CC(=O)OCCCCCCCOC1=CC(C)C(C2C=C2)C=C1. The lowest BCUT2D eigenvalue weighted by molar-refractivity contribution is -0.137. The zero-order chi connectivity index (χ0) is 16.5. The van der Waals surface area contributed by atoms with Gasteiger partial charge in [-0.3, -0.25) is 0 Å². The van der Waals surface area contributed by atoms with Gasteiger partial charge >= 0.3 is 5.97 Å². The number of allylic oxidation sites excluding steroid dienone is 5. The third-order valence-electron chi connectivity index (χ3n) is 4.34. The maximum absolute atomic E-state index is 10.8. The molecular formula is C20H28O3. The van der Waals surface area contributed by atoms with Gasteiger partial charge in [0.25, 0.3) is 0 Å². The lowest BCUT2D eigenvalue weighted by Gasteiger charge is -2.23. The molecule has 23 heavy (non-hydrogen) atoms. The standard InChI is InChI=1S/C20H28O3/c1-3-20(21)23-14-8-6-4-5-7-13-22-18-11-12-19(16(2)15-18)17-9-10-17/h3,9-12,15-17,19H,1,4-8,13-14H2,2H3. The Balaban J connectivity index is 1.45. The Kier molecular flexibility index (Phi) is 7.18. The number of carbonyl (C=O) groups is 1. The van der Waals surface area contributed by atoms with E-state index in [2.05, 4.69) is 43.9 Å². The number of rotatable bonds is 11. The van der Waals surface area contributed by atoms with Crippen LogP contribution >= 0.6 is 0 Å². The van der Waals surface area contributed by atoms with E-state index in [1.807, 2.05) is 0 Å². The second-order valence-electron chi connectivity index (χ2n) is 6.31. The molecule has 0 fully saturated rings. The molecule has 0 aromatic carbocycles. The first-order chi connectivity index (χ1) is 11.2. The minimum atomic E-state index is -0.332. The van der Waals surface area contributed by atoms with Crippen LogP contribution in [0.1, 0.15) is 39.0 Å². The van der Waals surface area contributed by atoms with Gasteiger partial charge in [-0.1, -0.05) is 51.0 Å². The maximum Gasteiger partial charge on any atom is 0.330 e. The first kappa shape index (κ1) is 17.6. The monoisotopic (exact) mass is 316 g/mol. The predicted octanol–water partition coefficient (Wildman–Crippen LogP) is 4.57. The van der Waals surface area contributed by atoms with Crippen molar-refractivity contribution in [2.75, 3.05) is 13.2 Å². The summed E-state index contributed by atoms with van der Waals surface area (Å²) in [6.45, 7) is 6.90. The first-order valence-corrected chi connectivity index (χ1v) is 8.71. The Bertz CT molecular complexity index is 481. The molecule has 2 aliphatic carbocycles. The molecule has 0 spiro atoms. The number of unbranched alkanes of at least 4 members (excludes halogenated alkanes) is 4. The highest BCUT2D eigenvalue weighted by molar-refractivity contribution is 5.81. The minimum Gasteiger partial charge on any atom is -0.494 e. The van der Waals surface area contributed by atoms with Crippen molar-refractivity contribution in [2.24, 2.45) is 17.8 Å². The summed E-state index contributed by atoms with van der Waals surface area (Å²) in [5, 5.41) is 0. The van der Waals surface area contributed by atoms with Gasteiger partial charge in [-0.25, -0.2) is 4.79 Å². The van der Waals surface area contributed by atoms with Gasteiger partial charge in [-0.05, 0) is 36.8 Å². The summed E-state index contributed by atoms with van der Waals surface area (Å²) >= 11 is 0. The van der Waals surface area contributed by atoms with E-state index in [0.29, 0.717) is 24.4 Å². The molecule has 2 rings (SSSR count). The van der Waals surface area contributed by atoms with Gasteiger partial charge in [0, 0.05) is 12.0 Å². The van der Waals surface area contributed by atoms with Gasteiger partial charge in [0.05, 0.1) is 13.2 Å². The van der Waals surface area contributed by atoms with E-state index in [1.54, 1.807) is 0 Å². The average Bonchev–Trinajstić information content (AvgIpc) is 3.38. The zero-order valence-corrected chi connectivity index (χ0v) is 14.1. The van der Waals surface area contributed by atoms with Crippen molar-refractivity contribution in [3.63, 3.8) is 0 Å². The average molecular weight is 316 g/mol. The second kappa shape index (κ2) is 9.39. The molecule has 3 nitrogen and oxygen atoms in total. The van der Waals surface area contributed by atoms with Crippen molar-refractivity contribution in [1.82, 2.24) is 0 Å². The first-order valence-electron chi connectivity index (χ1n) is 8.71. The summed E-state index contributed by atoms with van der Waals surface area (Å²) in [6.07, 6.45) is 17.8. The van der Waals surface area contributed by atoms with Crippen LogP contribution in [-0.4, -0.2) is 19.2 Å². The molecular weight excluding hydrogens is 288 g/mol. The number of carbonyl (C=O) groups excluding carboxylic acids is 1. The lowest BCUT2D eigenvalue weighted by atomic mass is 9.85. The van der Waals surface area contributed by atoms with Crippen molar-refractivity contribution < 1.29 is 14.3 Å². The van der Waals surface area contributed by atoms with Gasteiger partial charge in [0.1, 0.15) is 5.76 Å². The number of hydrogen-bond donors (Lipinski definition) is 0. The number of hydrogen-bond acceptors (Lipinski definition) is 3. The Hall–Kier alpha value is -1.77. The number of ether oxygens (including phenoxy) is 2. The fourth-order valence-corrected chi connectivity index (χ4v) is 2.86. The van der Waals surface area contributed by atoms with Crippen molar-refractivity contribution in [2.45, 2.75) is 39.0 Å². The third kappa shape index (κ3) is 6.47. The summed E-state index contributed by atoms with van der Waals surface area (Å²) in [6, 6.07) is 0. The highest BCUT2D eigenvalue weighted by Gasteiger charge is 2.27. The Morgan fingerprint density at radius 2 is 1.83 bits per heavy atom. The molecule has 0 saturated carbocycles. The molecule has 0 N–H and O–H groups in total. The van der Waals surface area contributed by atoms with Crippen LogP contribution in [0, 0.1) is 17.8 Å². The summed E-state index contributed by atoms with van der Waals surface area (Å²) in [4.78, 5) is 10.8. The van der Waals surface area contributed by atoms with Crippen LogP contribution in [0.15, 0.2) is 48.8 Å². The van der Waals surface area contributed by atoms with Crippen LogP contribution in [0.25, 0.3) is 0 Å². The highest BCUT2D eigenvalue weighted by Crippen LogP contribution is 2.36. The van der Waals surface area contributed by atoms with Crippen molar-refractivity contribution >= 4 is 5.97 Å². The molecule has 2 aliphatic rings. The molecule has 0 radical (unpaired) electrons. The summed E-state index contributed by atoms with van der Waals surface area (Å²) < 4.78 is 10.8. The Morgan fingerprint density at radius 3 is 2.48 bits per heavy atom. The topological polar surface area (TPSA) is 35.5 Å². The van der Waals surface area contributed by atoms with Crippen LogP contribution in [-0.2, 0) is 14.3 Å². The quantitative estimate of drug-likeness (QED) is 0.242. The van der Waals surface area contributed by atoms with Crippen LogP contribution in [0.4, 0.5) is 0 Å². The summed E-state index contributed by atoms with van der Waals surface area (Å²) in [7, 11) is 0. The van der Waals surface area contributed by atoms with Crippen molar-refractivity contribution in [1.29, 1.82) is 0 Å². The van der Waals surface area contributed by atoms with E-state index in [4.69, 9.17) is 9.47 Å². The van der Waals surface area contributed by atoms with E-state index in [9.17, 15) is 4.79 Å². The van der Waals surface area contributed by atoms with E-state index < -0.39 is 0 Å². The fourth-order valence-electron chi connectivity index (χ4n) is 2.86. The Labute approximate surface area is 139 Å². The number of esters is 1. The van der Waals surface area contributed by atoms with Crippen LogP contribution in [0.3, 0.4) is 0 Å². The van der Waals surface area contributed by atoms with Crippen molar-refractivity contribution in [3.05, 3.63) is 48.8 Å². The molecule has 3 heteroatoms. The molecule has 0 bridgehead atoms. The molecule has 0 amide bonds. The van der Waals surface area contributed by atoms with Crippen LogP contribution in [0.5, 0.6) is 0 Å². The van der Waals surface area contributed by atoms with E-state index in [-0.39, 0.29) is 5.97 Å². The molecule has 0 aliphatic heterocycles. The van der Waals surface area contributed by atoms with E-state index in [1.165, 1.54) is 6.08 Å². The summed E-state index contributed by atoms with van der Waals surface area (Å²) in [5.41, 5.74) is 0. The van der Waals surface area contributed by atoms with Crippen molar-refractivity contribution in [3.8, 4) is 0 Å².